The smallest absolute Gasteiger partial charge is 0.120 e. The molecule has 0 spiro atoms. The fraction of sp³-hybridized carbons (Fsp3) is 0.308. The van der Waals surface area contributed by atoms with Crippen molar-refractivity contribution in [2.24, 2.45) is 7.05 Å². The van der Waals surface area contributed by atoms with Crippen LogP contribution in [-0.2, 0) is 13.6 Å². The summed E-state index contributed by atoms with van der Waals surface area (Å²) in [4.78, 5) is 1.33. The number of nitrogens with zero attached hydrogens (tertiary/aromatic N) is 2. The van der Waals surface area contributed by atoms with Crippen LogP contribution in [0.2, 0.25) is 0 Å². The minimum Gasteiger partial charge on any atom is -0.342 e. The molecule has 0 aliphatic rings. The highest BCUT2D eigenvalue weighted by atomic mass is 32.1. The highest BCUT2D eigenvalue weighted by molar-refractivity contribution is 7.10. The third-order valence-electron chi connectivity index (χ3n) is 2.76. The van der Waals surface area contributed by atoms with Gasteiger partial charge in [0, 0.05) is 30.7 Å². The molecule has 0 saturated carbocycles. The van der Waals surface area contributed by atoms with E-state index in [9.17, 15) is 0 Å². The minimum absolute atomic E-state index is 0.348. The molecule has 3 nitrogen and oxygen atoms in total. The van der Waals surface area contributed by atoms with Gasteiger partial charge in [-0.2, -0.15) is 5.26 Å². The van der Waals surface area contributed by atoms with Crippen LogP contribution >= 0.6 is 11.3 Å². The second-order valence-corrected chi connectivity index (χ2v) is 5.05. The van der Waals surface area contributed by atoms with Gasteiger partial charge in [0.15, 0.2) is 0 Å². The van der Waals surface area contributed by atoms with Crippen LogP contribution in [0, 0.1) is 11.3 Å². The summed E-state index contributed by atoms with van der Waals surface area (Å²) in [6, 6.07) is 8.64. The Hall–Kier alpha value is -1.57. The molecule has 1 atom stereocenters. The highest BCUT2D eigenvalue weighted by Crippen LogP contribution is 2.18. The van der Waals surface area contributed by atoms with E-state index in [1.54, 1.807) is 11.3 Å². The van der Waals surface area contributed by atoms with Gasteiger partial charge in [-0.15, -0.1) is 11.3 Å². The van der Waals surface area contributed by atoms with Crippen LogP contribution in [0.1, 0.15) is 29.1 Å². The third-order valence-corrected chi connectivity index (χ3v) is 3.81. The molecule has 2 aromatic heterocycles. The Morgan fingerprint density at radius 2 is 2.41 bits per heavy atom. The molecule has 0 saturated heterocycles. The van der Waals surface area contributed by atoms with E-state index in [0.717, 1.165) is 12.1 Å². The Morgan fingerprint density at radius 3 is 3.00 bits per heavy atom. The molecule has 88 valence electrons. The van der Waals surface area contributed by atoms with Gasteiger partial charge in [0.05, 0.1) is 0 Å². The molecular formula is C13H15N3S. The SMILES string of the molecule is C[C@@H](NCc1cc(C#N)n(C)c1)c1cccs1. The van der Waals surface area contributed by atoms with Crippen molar-refractivity contribution < 1.29 is 0 Å². The van der Waals surface area contributed by atoms with Crippen LogP contribution in [0.25, 0.3) is 0 Å². The lowest BCUT2D eigenvalue weighted by Crippen LogP contribution is -2.16. The molecule has 1 N–H and O–H groups in total. The summed E-state index contributed by atoms with van der Waals surface area (Å²) in [5, 5.41) is 14.4. The van der Waals surface area contributed by atoms with Gasteiger partial charge in [-0.3, -0.25) is 0 Å². The lowest BCUT2D eigenvalue weighted by atomic mass is 10.2. The van der Waals surface area contributed by atoms with Crippen LogP contribution < -0.4 is 5.32 Å². The molecule has 0 unspecified atom stereocenters. The van der Waals surface area contributed by atoms with Crippen molar-refractivity contribution in [2.75, 3.05) is 0 Å². The summed E-state index contributed by atoms with van der Waals surface area (Å²) in [6.45, 7) is 2.94. The molecular weight excluding hydrogens is 230 g/mol. The van der Waals surface area contributed by atoms with Gasteiger partial charge in [-0.25, -0.2) is 0 Å². The molecule has 0 aliphatic carbocycles. The van der Waals surface area contributed by atoms with Gasteiger partial charge in [0.25, 0.3) is 0 Å². The first-order chi connectivity index (χ1) is 8.20. The predicted octanol–water partition coefficient (Wildman–Crippen LogP) is 2.81. The average Bonchev–Trinajstić information content (AvgIpc) is 2.95. The normalized spacial score (nSPS) is 12.3. The van der Waals surface area contributed by atoms with E-state index in [-0.39, 0.29) is 0 Å². The zero-order valence-electron chi connectivity index (χ0n) is 9.97. The quantitative estimate of drug-likeness (QED) is 0.899. The predicted molar refractivity (Wildman–Crippen MR) is 69.7 cm³/mol. The van der Waals surface area contributed by atoms with Crippen LogP contribution in [0.5, 0.6) is 0 Å². The molecule has 0 fully saturated rings. The first kappa shape index (κ1) is 11.9. The molecule has 2 rings (SSSR count). The number of hydrogen-bond acceptors (Lipinski definition) is 3. The van der Waals surface area contributed by atoms with Crippen LogP contribution in [0.4, 0.5) is 0 Å². The van der Waals surface area contributed by atoms with Crippen molar-refractivity contribution >= 4 is 11.3 Å². The average molecular weight is 245 g/mol. The standard InChI is InChI=1S/C13H15N3S/c1-10(13-4-3-5-17-13)15-8-11-6-12(7-14)16(2)9-11/h3-6,9-10,15H,8H2,1-2H3/t10-/m1/s1. The molecule has 4 heteroatoms. The molecule has 2 heterocycles. The van der Waals surface area contributed by atoms with Gasteiger partial charge in [0.2, 0.25) is 0 Å². The largest absolute Gasteiger partial charge is 0.342 e. The van der Waals surface area contributed by atoms with E-state index in [0.29, 0.717) is 11.7 Å². The maximum atomic E-state index is 8.87. The van der Waals surface area contributed by atoms with Crippen LogP contribution in [0.15, 0.2) is 29.8 Å². The van der Waals surface area contributed by atoms with E-state index in [1.165, 1.54) is 4.88 Å². The van der Waals surface area contributed by atoms with E-state index >= 15 is 0 Å². The molecule has 17 heavy (non-hydrogen) atoms. The number of thiophene rings is 1. The summed E-state index contributed by atoms with van der Waals surface area (Å²) >= 11 is 1.76. The third kappa shape index (κ3) is 2.76. The summed E-state index contributed by atoms with van der Waals surface area (Å²) in [7, 11) is 1.89. The summed E-state index contributed by atoms with van der Waals surface area (Å²) in [5.74, 6) is 0. The summed E-state index contributed by atoms with van der Waals surface area (Å²) < 4.78 is 1.85. The zero-order valence-corrected chi connectivity index (χ0v) is 10.8. The van der Waals surface area contributed by atoms with Crippen molar-refractivity contribution in [1.29, 1.82) is 5.26 Å². The van der Waals surface area contributed by atoms with Gasteiger partial charge in [0.1, 0.15) is 11.8 Å². The Morgan fingerprint density at radius 1 is 1.59 bits per heavy atom. The minimum atomic E-state index is 0.348. The van der Waals surface area contributed by atoms with E-state index < -0.39 is 0 Å². The van der Waals surface area contributed by atoms with Crippen LogP contribution in [0.3, 0.4) is 0 Å². The number of hydrogen-bond donors (Lipinski definition) is 1. The molecule has 0 aliphatic heterocycles. The van der Waals surface area contributed by atoms with Gasteiger partial charge in [-0.05, 0) is 30.0 Å². The first-order valence-electron chi connectivity index (χ1n) is 5.53. The second-order valence-electron chi connectivity index (χ2n) is 4.07. The number of nitriles is 1. The highest BCUT2D eigenvalue weighted by Gasteiger charge is 2.07. The van der Waals surface area contributed by atoms with Gasteiger partial charge < -0.3 is 9.88 Å². The summed E-state index contributed by atoms with van der Waals surface area (Å²) in [5.41, 5.74) is 1.85. The van der Waals surface area contributed by atoms with Gasteiger partial charge >= 0.3 is 0 Å². The monoisotopic (exact) mass is 245 g/mol. The summed E-state index contributed by atoms with van der Waals surface area (Å²) in [6.07, 6.45) is 1.99. The zero-order chi connectivity index (χ0) is 12.3. The Labute approximate surface area is 105 Å². The number of aromatic nitrogens is 1. The van der Waals surface area contributed by atoms with Crippen molar-refractivity contribution in [2.45, 2.75) is 19.5 Å². The van der Waals surface area contributed by atoms with Crippen molar-refractivity contribution in [3.8, 4) is 6.07 Å². The Bertz CT molecular complexity index is 519. The molecule has 0 aromatic carbocycles. The number of aryl methyl sites for hydroxylation is 1. The van der Waals surface area contributed by atoms with E-state index in [2.05, 4.69) is 35.8 Å². The number of nitrogens with one attached hydrogen (secondary N) is 1. The molecule has 0 radical (unpaired) electrons. The maximum absolute atomic E-state index is 8.87. The van der Waals surface area contributed by atoms with E-state index in [4.69, 9.17) is 5.26 Å². The van der Waals surface area contributed by atoms with Crippen LogP contribution in [-0.4, -0.2) is 4.57 Å². The lowest BCUT2D eigenvalue weighted by molar-refractivity contribution is 0.582. The van der Waals surface area contributed by atoms with Crippen molar-refractivity contribution in [3.63, 3.8) is 0 Å². The molecule has 0 amide bonds. The lowest BCUT2D eigenvalue weighted by Gasteiger charge is -2.10. The Kier molecular flexibility index (Phi) is 3.62. The second kappa shape index (κ2) is 5.17. The van der Waals surface area contributed by atoms with Crippen molar-refractivity contribution in [3.05, 3.63) is 45.9 Å². The fourth-order valence-corrected chi connectivity index (χ4v) is 2.51. The molecule has 0 bridgehead atoms. The topological polar surface area (TPSA) is 40.8 Å². The number of rotatable bonds is 4. The fourth-order valence-electron chi connectivity index (χ4n) is 1.75. The Balaban J connectivity index is 1.96. The first-order valence-corrected chi connectivity index (χ1v) is 6.41. The van der Waals surface area contributed by atoms with Crippen molar-refractivity contribution in [1.82, 2.24) is 9.88 Å². The van der Waals surface area contributed by atoms with Gasteiger partial charge in [-0.1, -0.05) is 6.07 Å². The maximum Gasteiger partial charge on any atom is 0.120 e. The molecule has 2 aromatic rings. The van der Waals surface area contributed by atoms with E-state index in [1.807, 2.05) is 23.9 Å².